The molecule has 0 spiro atoms. The van der Waals surface area contributed by atoms with E-state index in [0.29, 0.717) is 22.6 Å². The highest BCUT2D eigenvalue weighted by atomic mass is 32.2. The highest BCUT2D eigenvalue weighted by Gasteiger charge is 2.35. The van der Waals surface area contributed by atoms with E-state index in [1.54, 1.807) is 77.7 Å². The van der Waals surface area contributed by atoms with Crippen molar-refractivity contribution < 1.29 is 18.0 Å². The molecular weight excluding hydrogens is 400 g/mol. The molecule has 3 aromatic carbocycles. The molecule has 0 unspecified atom stereocenters. The molecule has 6 nitrogen and oxygen atoms in total. The molecule has 0 saturated heterocycles. The van der Waals surface area contributed by atoms with Crippen molar-refractivity contribution in [3.63, 3.8) is 0 Å². The average Bonchev–Trinajstić information content (AvgIpc) is 2.74. The molecule has 1 heterocycles. The van der Waals surface area contributed by atoms with Gasteiger partial charge in [-0.3, -0.25) is 9.59 Å². The number of Topliss-reactive ketones (excluding diaryl/α,β-unsaturated/α-hetero) is 1. The second-order valence-corrected chi connectivity index (χ2v) is 8.64. The fourth-order valence-electron chi connectivity index (χ4n) is 3.29. The zero-order valence-corrected chi connectivity index (χ0v) is 16.9. The van der Waals surface area contributed by atoms with Crippen LogP contribution in [0.4, 0.5) is 17.1 Å². The smallest absolute Gasteiger partial charge is 0.221 e. The van der Waals surface area contributed by atoms with E-state index in [1.807, 2.05) is 0 Å². The number of hydrogen-bond acceptors (Lipinski definition) is 5. The Kier molecular flexibility index (Phi) is 4.97. The summed E-state index contributed by atoms with van der Waals surface area (Å²) in [5.41, 5.74) is 2.03. The summed E-state index contributed by atoms with van der Waals surface area (Å²) >= 11 is 0. The minimum absolute atomic E-state index is 0.0673. The molecule has 0 aromatic heterocycles. The number of carbonyl (C=O) groups excluding carboxylic acids is 2. The number of anilines is 3. The maximum atomic E-state index is 13.2. The van der Waals surface area contributed by atoms with Gasteiger partial charge in [0.2, 0.25) is 21.5 Å². The van der Waals surface area contributed by atoms with Crippen molar-refractivity contribution in [2.24, 2.45) is 0 Å². The van der Waals surface area contributed by atoms with Crippen molar-refractivity contribution in [1.29, 1.82) is 0 Å². The number of allylic oxidation sites excluding steroid dienone is 1. The van der Waals surface area contributed by atoms with E-state index in [9.17, 15) is 18.0 Å². The van der Waals surface area contributed by atoms with E-state index < -0.39 is 15.6 Å². The number of para-hydroxylation sites is 1. The van der Waals surface area contributed by atoms with Crippen LogP contribution in [0.25, 0.3) is 0 Å². The molecule has 0 saturated carbocycles. The third-order valence-corrected chi connectivity index (χ3v) is 6.47. The number of fused-ring (bicyclic) bond motifs is 1. The summed E-state index contributed by atoms with van der Waals surface area (Å²) in [6.45, 7) is 1.42. The van der Waals surface area contributed by atoms with Crippen molar-refractivity contribution >= 4 is 38.6 Å². The molecule has 3 aromatic rings. The van der Waals surface area contributed by atoms with Gasteiger partial charge in [0.05, 0.1) is 10.6 Å². The Bertz CT molecular complexity index is 1260. The van der Waals surface area contributed by atoms with Crippen molar-refractivity contribution in [1.82, 2.24) is 0 Å². The quantitative estimate of drug-likeness (QED) is 0.639. The first-order chi connectivity index (χ1) is 14.4. The maximum Gasteiger partial charge on any atom is 0.221 e. The van der Waals surface area contributed by atoms with Gasteiger partial charge in [-0.1, -0.05) is 42.5 Å². The first kappa shape index (κ1) is 19.6. The average molecular weight is 418 g/mol. The number of nitrogens with zero attached hydrogens (tertiary/aromatic N) is 1. The lowest BCUT2D eigenvalue weighted by Gasteiger charge is -2.29. The van der Waals surface area contributed by atoms with Crippen LogP contribution in [0.2, 0.25) is 0 Å². The van der Waals surface area contributed by atoms with Gasteiger partial charge in [0, 0.05) is 30.1 Å². The van der Waals surface area contributed by atoms with Crippen molar-refractivity contribution in [3.8, 4) is 0 Å². The summed E-state index contributed by atoms with van der Waals surface area (Å²) in [6, 6.07) is 21.8. The minimum Gasteiger partial charge on any atom is -0.326 e. The van der Waals surface area contributed by atoms with Crippen molar-refractivity contribution in [3.05, 3.63) is 95.5 Å². The van der Waals surface area contributed by atoms with Gasteiger partial charge >= 0.3 is 0 Å². The van der Waals surface area contributed by atoms with Crippen LogP contribution < -0.4 is 10.2 Å². The normalized spacial score (nSPS) is 14.4. The zero-order valence-electron chi connectivity index (χ0n) is 16.1. The monoisotopic (exact) mass is 418 g/mol. The number of benzene rings is 3. The van der Waals surface area contributed by atoms with E-state index >= 15 is 0 Å². The Morgan fingerprint density at radius 1 is 0.833 bits per heavy atom. The van der Waals surface area contributed by atoms with Gasteiger partial charge in [0.1, 0.15) is 4.91 Å². The molecular formula is C23H18N2O4S. The second kappa shape index (κ2) is 7.61. The molecule has 0 fully saturated rings. The summed E-state index contributed by atoms with van der Waals surface area (Å²) in [7, 11) is -3.98. The lowest BCUT2D eigenvalue weighted by molar-refractivity contribution is -0.114. The molecule has 1 amide bonds. The number of carbonyl (C=O) groups is 2. The Morgan fingerprint density at radius 2 is 1.47 bits per heavy atom. The van der Waals surface area contributed by atoms with Gasteiger partial charge in [-0.25, -0.2) is 8.42 Å². The molecule has 4 rings (SSSR count). The third kappa shape index (κ3) is 3.51. The number of sulfone groups is 1. The largest absolute Gasteiger partial charge is 0.326 e. The van der Waals surface area contributed by atoms with Crippen molar-refractivity contribution in [2.75, 3.05) is 10.2 Å². The minimum atomic E-state index is -3.98. The number of nitrogens with one attached hydrogen (secondary N) is 1. The summed E-state index contributed by atoms with van der Waals surface area (Å²) in [6.07, 6.45) is 1.36. The van der Waals surface area contributed by atoms with Crippen LogP contribution in [0, 0.1) is 0 Å². The molecule has 0 bridgehead atoms. The maximum absolute atomic E-state index is 13.2. The lowest BCUT2D eigenvalue weighted by Crippen LogP contribution is -2.25. The molecule has 7 heteroatoms. The van der Waals surface area contributed by atoms with Gasteiger partial charge in [-0.15, -0.1) is 0 Å². The SMILES string of the molecule is CC(=O)Nc1ccc(N2C=C(C(=O)c3ccccc3)S(=O)(=O)c3ccccc32)cc1. The lowest BCUT2D eigenvalue weighted by atomic mass is 10.1. The Hall–Kier alpha value is -3.71. The molecule has 30 heavy (non-hydrogen) atoms. The predicted octanol–water partition coefficient (Wildman–Crippen LogP) is 4.29. The summed E-state index contributed by atoms with van der Waals surface area (Å²) < 4.78 is 26.4. The highest BCUT2D eigenvalue weighted by molar-refractivity contribution is 7.96. The van der Waals surface area contributed by atoms with E-state index in [4.69, 9.17) is 0 Å². The van der Waals surface area contributed by atoms with Crippen LogP contribution in [0.5, 0.6) is 0 Å². The summed E-state index contributed by atoms with van der Waals surface area (Å²) in [5, 5.41) is 2.69. The van der Waals surface area contributed by atoms with Crippen molar-refractivity contribution in [2.45, 2.75) is 11.8 Å². The van der Waals surface area contributed by atoms with Crippen LogP contribution in [0.15, 0.2) is 94.9 Å². The summed E-state index contributed by atoms with van der Waals surface area (Å²) in [4.78, 5) is 25.8. The fraction of sp³-hybridized carbons (Fsp3) is 0.0435. The molecule has 1 aliphatic heterocycles. The third-order valence-electron chi connectivity index (χ3n) is 4.68. The molecule has 1 N–H and O–H groups in total. The molecule has 0 atom stereocenters. The van der Waals surface area contributed by atoms with Gasteiger partial charge in [0.25, 0.3) is 0 Å². The van der Waals surface area contributed by atoms with Crippen LogP contribution in [-0.4, -0.2) is 20.1 Å². The Morgan fingerprint density at radius 3 is 2.13 bits per heavy atom. The van der Waals surface area contributed by atoms with Crippen LogP contribution in [0.3, 0.4) is 0 Å². The number of hydrogen-bond donors (Lipinski definition) is 1. The number of ketones is 1. The van der Waals surface area contributed by atoms with Crippen LogP contribution >= 0.6 is 0 Å². The Balaban J connectivity index is 1.84. The van der Waals surface area contributed by atoms with Gasteiger partial charge in [-0.05, 0) is 36.4 Å². The molecule has 150 valence electrons. The van der Waals surface area contributed by atoms with E-state index in [0.717, 1.165) is 0 Å². The molecule has 1 aliphatic rings. The summed E-state index contributed by atoms with van der Waals surface area (Å²) in [5.74, 6) is -0.752. The second-order valence-electron chi connectivity index (χ2n) is 6.76. The van der Waals surface area contributed by atoms with E-state index in [1.165, 1.54) is 19.2 Å². The number of amides is 1. The first-order valence-corrected chi connectivity index (χ1v) is 10.7. The Labute approximate surface area is 174 Å². The fourth-order valence-corrected chi connectivity index (χ4v) is 4.84. The van der Waals surface area contributed by atoms with Gasteiger partial charge < -0.3 is 10.2 Å². The van der Waals surface area contributed by atoms with Crippen LogP contribution in [0.1, 0.15) is 17.3 Å². The topological polar surface area (TPSA) is 83.6 Å². The van der Waals surface area contributed by atoms with E-state index in [2.05, 4.69) is 5.32 Å². The highest BCUT2D eigenvalue weighted by Crippen LogP contribution is 2.40. The zero-order chi connectivity index (χ0) is 21.3. The van der Waals surface area contributed by atoms with Gasteiger partial charge in [-0.2, -0.15) is 0 Å². The standard InChI is InChI=1S/C23H18N2O4S/c1-16(26)24-18-11-13-19(14-12-18)25-15-22(23(27)17-7-3-2-4-8-17)30(28,29)21-10-6-5-9-20(21)25/h2-15H,1H3,(H,24,26). The van der Waals surface area contributed by atoms with E-state index in [-0.39, 0.29) is 15.7 Å². The van der Waals surface area contributed by atoms with Gasteiger partial charge in [0.15, 0.2) is 0 Å². The predicted molar refractivity (Wildman–Crippen MR) is 115 cm³/mol. The molecule has 0 aliphatic carbocycles. The molecule has 0 radical (unpaired) electrons. The van der Waals surface area contributed by atoms with Crippen LogP contribution in [-0.2, 0) is 14.6 Å². The first-order valence-electron chi connectivity index (χ1n) is 9.20. The number of rotatable bonds is 4.